The summed E-state index contributed by atoms with van der Waals surface area (Å²) in [5.41, 5.74) is 1.08. The maximum atomic E-state index is 13.8. The second-order valence-corrected chi connectivity index (χ2v) is 10.5. The van der Waals surface area contributed by atoms with E-state index in [-0.39, 0.29) is 23.7 Å². The summed E-state index contributed by atoms with van der Waals surface area (Å²) in [5, 5.41) is 17.4. The first-order chi connectivity index (χ1) is 18.2. The Morgan fingerprint density at radius 1 is 1.16 bits per heavy atom. The Morgan fingerprint density at radius 3 is 2.71 bits per heavy atom. The van der Waals surface area contributed by atoms with Gasteiger partial charge in [0.1, 0.15) is 6.04 Å². The minimum atomic E-state index is -1.24. The number of carbonyl (C=O) groups excluding carboxylic acids is 3. The van der Waals surface area contributed by atoms with Crippen LogP contribution in [0.3, 0.4) is 0 Å². The molecule has 196 valence electrons. The van der Waals surface area contributed by atoms with Crippen LogP contribution in [0.15, 0.2) is 60.7 Å². The number of ether oxygens (including phenoxy) is 1. The predicted octanol–water partition coefficient (Wildman–Crippen LogP) is 4.52. The van der Waals surface area contributed by atoms with Crippen molar-refractivity contribution in [2.45, 2.75) is 24.5 Å². The number of anilines is 2. The zero-order valence-electron chi connectivity index (χ0n) is 19.9. The highest BCUT2D eigenvalue weighted by molar-refractivity contribution is 7.18. The molecule has 1 spiro atoms. The lowest BCUT2D eigenvalue weighted by Crippen LogP contribution is -2.50. The molecule has 0 aliphatic carbocycles. The quantitative estimate of drug-likeness (QED) is 0.353. The van der Waals surface area contributed by atoms with Crippen molar-refractivity contribution < 1.29 is 29.0 Å². The van der Waals surface area contributed by atoms with Crippen molar-refractivity contribution in [2.24, 2.45) is 0 Å². The molecule has 5 rings (SSSR count). The van der Waals surface area contributed by atoms with Gasteiger partial charge in [0, 0.05) is 30.0 Å². The van der Waals surface area contributed by atoms with E-state index >= 15 is 0 Å². The minimum absolute atomic E-state index is 0.111. The zero-order valence-corrected chi connectivity index (χ0v) is 21.5. The summed E-state index contributed by atoms with van der Waals surface area (Å²) in [7, 11) is 0. The fourth-order valence-electron chi connectivity index (χ4n) is 4.78. The largest absolute Gasteiger partial charge is 0.465 e. The molecule has 2 aromatic carbocycles. The van der Waals surface area contributed by atoms with E-state index < -0.39 is 29.7 Å². The Labute approximate surface area is 226 Å². The Bertz CT molecular complexity index is 1410. The van der Waals surface area contributed by atoms with Gasteiger partial charge >= 0.3 is 12.2 Å². The van der Waals surface area contributed by atoms with Crippen LogP contribution in [0.1, 0.15) is 27.2 Å². The van der Waals surface area contributed by atoms with E-state index in [0.29, 0.717) is 34.2 Å². The lowest BCUT2D eigenvalue weighted by molar-refractivity contribution is -0.133. The molecule has 4 amide bonds. The molecule has 10 nitrogen and oxygen atoms in total. The van der Waals surface area contributed by atoms with Crippen LogP contribution in [0.25, 0.3) is 0 Å². The van der Waals surface area contributed by atoms with E-state index in [0.717, 1.165) is 16.9 Å². The van der Waals surface area contributed by atoms with Gasteiger partial charge < -0.3 is 20.1 Å². The number of benzene rings is 2. The number of halogens is 1. The van der Waals surface area contributed by atoms with Gasteiger partial charge in [-0.1, -0.05) is 41.9 Å². The Balaban J connectivity index is 1.38. The third kappa shape index (κ3) is 5.29. The molecule has 3 heterocycles. The molecule has 1 aromatic heterocycles. The van der Waals surface area contributed by atoms with E-state index in [2.05, 4.69) is 16.0 Å². The molecule has 1 unspecified atom stereocenters. The number of amides is 4. The van der Waals surface area contributed by atoms with Gasteiger partial charge in [-0.15, -0.1) is 11.3 Å². The molecule has 1 saturated heterocycles. The smallest absolute Gasteiger partial charge is 0.412 e. The number of likely N-dealkylation sites (tertiary alicyclic amines) is 1. The van der Waals surface area contributed by atoms with Crippen LogP contribution in [0.4, 0.5) is 20.3 Å². The number of rotatable bonds is 6. The second-order valence-electron chi connectivity index (χ2n) is 9.02. The molecular formula is C26H23ClN4O6S. The minimum Gasteiger partial charge on any atom is -0.465 e. The van der Waals surface area contributed by atoms with Crippen LogP contribution >= 0.6 is 22.9 Å². The molecule has 3 aromatic rings. The molecule has 12 heteroatoms. The fourth-order valence-corrected chi connectivity index (χ4v) is 5.75. The Hall–Kier alpha value is -4.09. The van der Waals surface area contributed by atoms with Crippen molar-refractivity contribution in [3.63, 3.8) is 0 Å². The van der Waals surface area contributed by atoms with Crippen molar-refractivity contribution in [2.75, 3.05) is 23.7 Å². The number of carboxylic acid groups (broad SMARTS) is 1. The van der Waals surface area contributed by atoms with Gasteiger partial charge in [-0.3, -0.25) is 20.2 Å². The number of nitrogens with one attached hydrogen (secondary N) is 3. The molecule has 0 bridgehead atoms. The lowest BCUT2D eigenvalue weighted by atomic mass is 9.90. The van der Waals surface area contributed by atoms with Crippen LogP contribution in [0.2, 0.25) is 5.02 Å². The van der Waals surface area contributed by atoms with Gasteiger partial charge in [0.15, 0.2) is 5.60 Å². The second kappa shape index (κ2) is 10.3. The summed E-state index contributed by atoms with van der Waals surface area (Å²) in [5.74, 6) is -0.820. The number of hydrogen-bond acceptors (Lipinski definition) is 6. The lowest BCUT2D eigenvalue weighted by Gasteiger charge is -2.35. The van der Waals surface area contributed by atoms with E-state index in [1.54, 1.807) is 23.1 Å². The summed E-state index contributed by atoms with van der Waals surface area (Å²) < 4.78 is 5.74. The summed E-state index contributed by atoms with van der Waals surface area (Å²) >= 11 is 7.19. The van der Waals surface area contributed by atoms with E-state index in [4.69, 9.17) is 21.4 Å². The molecule has 0 saturated carbocycles. The van der Waals surface area contributed by atoms with E-state index in [1.165, 1.54) is 12.1 Å². The topological polar surface area (TPSA) is 137 Å². The van der Waals surface area contributed by atoms with Crippen LogP contribution in [0, 0.1) is 0 Å². The summed E-state index contributed by atoms with van der Waals surface area (Å²) in [6.45, 7) is 0.421. The van der Waals surface area contributed by atoms with Crippen LogP contribution in [-0.2, 0) is 21.6 Å². The number of fused-ring (bicyclic) bond motifs is 2. The fraction of sp³-hybridized carbons (Fsp3) is 0.231. The Kier molecular flexibility index (Phi) is 6.96. The summed E-state index contributed by atoms with van der Waals surface area (Å²) in [6.07, 6.45) is -1.22. The highest BCUT2D eigenvalue weighted by Gasteiger charge is 2.49. The van der Waals surface area contributed by atoms with Crippen LogP contribution < -0.4 is 16.0 Å². The van der Waals surface area contributed by atoms with Gasteiger partial charge in [-0.25, -0.2) is 9.59 Å². The average molecular weight is 555 g/mol. The summed E-state index contributed by atoms with van der Waals surface area (Å²) in [4.78, 5) is 51.9. The van der Waals surface area contributed by atoms with E-state index in [9.17, 15) is 19.2 Å². The third-order valence-corrected chi connectivity index (χ3v) is 7.72. The maximum absolute atomic E-state index is 13.8. The molecule has 0 radical (unpaired) electrons. The van der Waals surface area contributed by atoms with Crippen molar-refractivity contribution >= 4 is 57.6 Å². The first-order valence-corrected chi connectivity index (χ1v) is 13.0. The van der Waals surface area contributed by atoms with Gasteiger partial charge in [0.2, 0.25) is 5.91 Å². The van der Waals surface area contributed by atoms with Gasteiger partial charge in [-0.05, 0) is 35.9 Å². The third-order valence-electron chi connectivity index (χ3n) is 6.49. The van der Waals surface area contributed by atoms with Crippen molar-refractivity contribution in [1.29, 1.82) is 0 Å². The highest BCUT2D eigenvalue weighted by Crippen LogP contribution is 2.44. The first-order valence-electron chi connectivity index (χ1n) is 11.8. The van der Waals surface area contributed by atoms with E-state index in [1.807, 2.05) is 30.3 Å². The predicted molar refractivity (Wildman–Crippen MR) is 142 cm³/mol. The standard InChI is InChI=1S/C26H23ClN4O6S/c27-16-6-7-18-17(13-16)26(37-25(36)29-18)10-11-31(14-26)23(33)19(12-15-4-2-1-3-5-15)28-22(32)20-8-9-21(38-20)30-24(34)35/h1-9,13,19,30H,10-12,14H2,(H,28,32)(H,29,36)(H,34,35)/t19-,26?/m0/s1. The number of carbonyl (C=O) groups is 4. The molecule has 2 atom stereocenters. The number of hydrogen-bond donors (Lipinski definition) is 4. The average Bonchev–Trinajstić information content (AvgIpc) is 3.52. The Morgan fingerprint density at radius 2 is 1.95 bits per heavy atom. The van der Waals surface area contributed by atoms with Gasteiger partial charge in [0.25, 0.3) is 5.91 Å². The van der Waals surface area contributed by atoms with Crippen LogP contribution in [-0.4, -0.2) is 53.1 Å². The molecule has 38 heavy (non-hydrogen) atoms. The van der Waals surface area contributed by atoms with Crippen molar-refractivity contribution in [3.8, 4) is 0 Å². The van der Waals surface area contributed by atoms with Crippen LogP contribution in [0.5, 0.6) is 0 Å². The summed E-state index contributed by atoms with van der Waals surface area (Å²) in [6, 6.07) is 16.5. The van der Waals surface area contributed by atoms with Gasteiger partial charge in [0.05, 0.1) is 22.1 Å². The molecule has 2 aliphatic heterocycles. The number of nitrogens with zero attached hydrogens (tertiary/aromatic N) is 1. The molecule has 4 N–H and O–H groups in total. The monoisotopic (exact) mass is 554 g/mol. The maximum Gasteiger partial charge on any atom is 0.412 e. The molecular weight excluding hydrogens is 532 g/mol. The van der Waals surface area contributed by atoms with Gasteiger partial charge in [-0.2, -0.15) is 0 Å². The molecule has 2 aliphatic rings. The van der Waals surface area contributed by atoms with Crippen molar-refractivity contribution in [3.05, 3.63) is 81.7 Å². The zero-order chi connectivity index (χ0) is 26.9. The number of thiophene rings is 1. The normalized spacial score (nSPS) is 18.8. The highest BCUT2D eigenvalue weighted by atomic mass is 35.5. The molecule has 1 fully saturated rings. The first kappa shape index (κ1) is 25.6. The van der Waals surface area contributed by atoms with Crippen molar-refractivity contribution in [1.82, 2.24) is 10.2 Å². The SMILES string of the molecule is O=C(O)Nc1ccc(C(=O)N[C@@H](Cc2ccccc2)C(=O)N2CCC3(C2)OC(=O)Nc2ccc(Cl)cc23)s1.